The molecule has 2 N–H and O–H groups in total. The number of aliphatic hydroxyl groups excluding tert-OH is 2. The highest BCUT2D eigenvalue weighted by atomic mass is 16.3. The molecule has 2 aliphatic rings. The van der Waals surface area contributed by atoms with E-state index < -0.39 is 0 Å². The predicted octanol–water partition coefficient (Wildman–Crippen LogP) is 11.0. The van der Waals surface area contributed by atoms with Gasteiger partial charge in [0.05, 0.1) is 12.2 Å². The van der Waals surface area contributed by atoms with Crippen molar-refractivity contribution in [2.45, 2.75) is 107 Å². The van der Waals surface area contributed by atoms with Gasteiger partial charge >= 0.3 is 0 Å². The summed E-state index contributed by atoms with van der Waals surface area (Å²) in [4.78, 5) is 0. The van der Waals surface area contributed by atoms with Crippen molar-refractivity contribution in [3.8, 4) is 0 Å². The van der Waals surface area contributed by atoms with E-state index in [9.17, 15) is 10.2 Å². The standard InChI is InChI=1S/C42H62O2/c1-31(20-15-21-33(3)19-13-14-24-37-35(5)39(43)27-29-41(37,7)8)17-11-12-18-32(2)22-16-23-34(4)25-26-38-36(6)40(44)28-30-42(38,9)10/h11-26,35-40,43-44H,27-30H2,1-10H3. The molecule has 2 heteroatoms. The van der Waals surface area contributed by atoms with Crippen molar-refractivity contribution < 1.29 is 10.2 Å². The predicted molar refractivity (Wildman–Crippen MR) is 193 cm³/mol. The van der Waals surface area contributed by atoms with Crippen LogP contribution in [0.3, 0.4) is 0 Å². The normalized spacial score (nSPS) is 31.2. The second kappa shape index (κ2) is 17.7. The van der Waals surface area contributed by atoms with Gasteiger partial charge in [-0.15, -0.1) is 0 Å². The first kappa shape index (κ1) is 37.5. The van der Waals surface area contributed by atoms with Crippen molar-refractivity contribution in [2.75, 3.05) is 0 Å². The summed E-state index contributed by atoms with van der Waals surface area (Å²) < 4.78 is 0. The third-order valence-corrected chi connectivity index (χ3v) is 9.94. The third-order valence-electron chi connectivity index (χ3n) is 9.94. The summed E-state index contributed by atoms with van der Waals surface area (Å²) in [5.41, 5.74) is 5.25. The Morgan fingerprint density at radius 1 is 0.500 bits per heavy atom. The molecule has 0 aromatic heterocycles. The lowest BCUT2D eigenvalue weighted by Gasteiger charge is -2.44. The molecule has 6 atom stereocenters. The van der Waals surface area contributed by atoms with Crippen LogP contribution >= 0.6 is 0 Å². The average molecular weight is 599 g/mol. The van der Waals surface area contributed by atoms with Crippen molar-refractivity contribution in [1.82, 2.24) is 0 Å². The minimum absolute atomic E-state index is 0.192. The molecule has 0 radical (unpaired) electrons. The van der Waals surface area contributed by atoms with Gasteiger partial charge in [-0.25, -0.2) is 0 Å². The Labute approximate surface area is 270 Å². The molecule has 0 bridgehead atoms. The van der Waals surface area contributed by atoms with Gasteiger partial charge < -0.3 is 10.2 Å². The first-order valence-electron chi connectivity index (χ1n) is 16.7. The van der Waals surface area contributed by atoms with Gasteiger partial charge in [0.2, 0.25) is 0 Å². The number of hydrogen-bond acceptors (Lipinski definition) is 2. The van der Waals surface area contributed by atoms with Crippen molar-refractivity contribution in [1.29, 1.82) is 0 Å². The Morgan fingerprint density at radius 3 is 1.32 bits per heavy atom. The van der Waals surface area contributed by atoms with E-state index in [2.05, 4.69) is 166 Å². The summed E-state index contributed by atoms with van der Waals surface area (Å²) in [6, 6.07) is 0. The van der Waals surface area contributed by atoms with E-state index in [1.165, 1.54) is 22.3 Å². The Hall–Kier alpha value is -2.68. The largest absolute Gasteiger partial charge is 0.393 e. The SMILES string of the molecule is CC(C=CC=C(C)C=CC=CC1C(C)C(O)CCC1(C)C)=CC=CC=C(C)C=CC=C(C)C=CC1C(C)C(O)CCC1(C)C. The third kappa shape index (κ3) is 12.4. The van der Waals surface area contributed by atoms with Crippen molar-refractivity contribution in [2.24, 2.45) is 34.5 Å². The van der Waals surface area contributed by atoms with E-state index in [1.54, 1.807) is 0 Å². The summed E-state index contributed by atoms with van der Waals surface area (Å²) in [7, 11) is 0. The fourth-order valence-corrected chi connectivity index (χ4v) is 6.66. The number of allylic oxidation sites excluding steroid dienone is 20. The highest BCUT2D eigenvalue weighted by molar-refractivity contribution is 5.32. The lowest BCUT2D eigenvalue weighted by molar-refractivity contribution is -0.00432. The second-order valence-corrected chi connectivity index (χ2v) is 14.8. The molecule has 2 saturated carbocycles. The second-order valence-electron chi connectivity index (χ2n) is 14.8. The molecule has 0 aromatic carbocycles. The minimum Gasteiger partial charge on any atom is -0.393 e. The Kier molecular flexibility index (Phi) is 15.1. The van der Waals surface area contributed by atoms with Crippen LogP contribution in [0.15, 0.2) is 120 Å². The molecule has 242 valence electrons. The maximum Gasteiger partial charge on any atom is 0.0571 e. The van der Waals surface area contributed by atoms with E-state index in [-0.39, 0.29) is 23.0 Å². The Morgan fingerprint density at radius 2 is 0.864 bits per heavy atom. The van der Waals surface area contributed by atoms with Gasteiger partial charge in [0.1, 0.15) is 0 Å². The molecule has 0 spiro atoms. The zero-order chi connectivity index (χ0) is 32.9. The topological polar surface area (TPSA) is 40.5 Å². The summed E-state index contributed by atoms with van der Waals surface area (Å²) in [6.07, 6.45) is 37.9. The molecule has 0 heterocycles. The molecule has 0 amide bonds. The summed E-state index contributed by atoms with van der Waals surface area (Å²) in [6.45, 7) is 22.1. The van der Waals surface area contributed by atoms with E-state index >= 15 is 0 Å². The first-order chi connectivity index (χ1) is 20.6. The van der Waals surface area contributed by atoms with Gasteiger partial charge in [0.15, 0.2) is 0 Å². The van der Waals surface area contributed by atoms with Gasteiger partial charge in [-0.3, -0.25) is 0 Å². The maximum absolute atomic E-state index is 10.3. The lowest BCUT2D eigenvalue weighted by atomic mass is 9.63. The molecule has 0 aliphatic heterocycles. The highest BCUT2D eigenvalue weighted by Gasteiger charge is 2.40. The molecule has 44 heavy (non-hydrogen) atoms. The summed E-state index contributed by atoms with van der Waals surface area (Å²) >= 11 is 0. The maximum atomic E-state index is 10.3. The minimum atomic E-state index is -0.195. The molecule has 0 aromatic rings. The molecule has 6 unspecified atom stereocenters. The smallest absolute Gasteiger partial charge is 0.0571 e. The first-order valence-corrected chi connectivity index (χ1v) is 16.7. The van der Waals surface area contributed by atoms with Gasteiger partial charge in [0.25, 0.3) is 0 Å². The van der Waals surface area contributed by atoms with Crippen molar-refractivity contribution >= 4 is 0 Å². The molecule has 2 nitrogen and oxygen atoms in total. The van der Waals surface area contributed by atoms with Crippen molar-refractivity contribution in [3.63, 3.8) is 0 Å². The monoisotopic (exact) mass is 598 g/mol. The molecule has 2 fully saturated rings. The lowest BCUT2D eigenvalue weighted by Crippen LogP contribution is -2.40. The zero-order valence-corrected chi connectivity index (χ0v) is 29.4. The molecule has 2 aliphatic carbocycles. The van der Waals surface area contributed by atoms with Crippen LogP contribution in [0.25, 0.3) is 0 Å². The molecular weight excluding hydrogens is 536 g/mol. The van der Waals surface area contributed by atoms with Gasteiger partial charge in [-0.05, 0) is 87.9 Å². The van der Waals surface area contributed by atoms with Crippen LogP contribution in [0, 0.1) is 34.5 Å². The average Bonchev–Trinajstić information content (AvgIpc) is 2.95. The Balaban J connectivity index is 1.84. The van der Waals surface area contributed by atoms with Crippen LogP contribution in [-0.2, 0) is 0 Å². The van der Waals surface area contributed by atoms with Gasteiger partial charge in [0, 0.05) is 0 Å². The Bertz CT molecular complexity index is 1220. The fraction of sp³-hybridized carbons (Fsp3) is 0.524. The van der Waals surface area contributed by atoms with E-state index in [1.807, 2.05) is 0 Å². The van der Waals surface area contributed by atoms with Crippen molar-refractivity contribution in [3.05, 3.63) is 120 Å². The van der Waals surface area contributed by atoms with Crippen LogP contribution in [0.5, 0.6) is 0 Å². The van der Waals surface area contributed by atoms with Gasteiger partial charge in [-0.2, -0.15) is 0 Å². The van der Waals surface area contributed by atoms with Crippen LogP contribution < -0.4 is 0 Å². The van der Waals surface area contributed by atoms with Crippen LogP contribution in [0.2, 0.25) is 0 Å². The van der Waals surface area contributed by atoms with E-state index in [0.29, 0.717) is 23.7 Å². The zero-order valence-electron chi connectivity index (χ0n) is 29.4. The van der Waals surface area contributed by atoms with E-state index in [0.717, 1.165) is 25.7 Å². The van der Waals surface area contributed by atoms with Crippen LogP contribution in [0.4, 0.5) is 0 Å². The van der Waals surface area contributed by atoms with E-state index in [4.69, 9.17) is 0 Å². The van der Waals surface area contributed by atoms with Crippen LogP contribution in [0.1, 0.15) is 94.9 Å². The quantitative estimate of drug-likeness (QED) is 0.232. The molecular formula is C42H62O2. The summed E-state index contributed by atoms with van der Waals surface area (Å²) in [5.74, 6) is 1.37. The summed E-state index contributed by atoms with van der Waals surface area (Å²) in [5, 5.41) is 20.6. The number of hydrogen-bond donors (Lipinski definition) is 2. The molecule has 0 saturated heterocycles. The number of rotatable bonds is 11. The number of aliphatic hydroxyl groups is 2. The van der Waals surface area contributed by atoms with Crippen LogP contribution in [-0.4, -0.2) is 22.4 Å². The molecule has 2 rings (SSSR count). The van der Waals surface area contributed by atoms with Gasteiger partial charge in [-0.1, -0.05) is 161 Å². The highest BCUT2D eigenvalue weighted by Crippen LogP contribution is 2.45. The fourth-order valence-electron chi connectivity index (χ4n) is 6.66.